The Morgan fingerprint density at radius 3 is 2.80 bits per heavy atom. The lowest BCUT2D eigenvalue weighted by atomic mass is 9.91. The molecule has 1 fully saturated rings. The molecule has 0 radical (unpaired) electrons. The van der Waals surface area contributed by atoms with E-state index in [1.54, 1.807) is 4.90 Å². The zero-order valence-electron chi connectivity index (χ0n) is 14.8. The Labute approximate surface area is 149 Å². The fourth-order valence-electron chi connectivity index (χ4n) is 3.01. The number of nitrogens with zero attached hydrogens (tertiary/aromatic N) is 1. The van der Waals surface area contributed by atoms with Gasteiger partial charge in [0.1, 0.15) is 0 Å². The summed E-state index contributed by atoms with van der Waals surface area (Å²) in [6.45, 7) is 3.31. The van der Waals surface area contributed by atoms with Gasteiger partial charge in [0, 0.05) is 26.2 Å². The fourth-order valence-corrected chi connectivity index (χ4v) is 3.63. The highest BCUT2D eigenvalue weighted by atomic mass is 32.2. The predicted octanol–water partition coefficient (Wildman–Crippen LogP) is -0.0127. The molecule has 0 aliphatic carbocycles. The number of sulfonamides is 1. The Bertz CT molecular complexity index is 708. The van der Waals surface area contributed by atoms with Gasteiger partial charge >= 0.3 is 0 Å². The number of benzene rings is 1. The van der Waals surface area contributed by atoms with Crippen molar-refractivity contribution >= 4 is 15.9 Å². The Morgan fingerprint density at radius 2 is 2.12 bits per heavy atom. The lowest BCUT2D eigenvalue weighted by molar-refractivity contribution is -0.157. The van der Waals surface area contributed by atoms with Gasteiger partial charge in [-0.05, 0) is 32.4 Å². The van der Waals surface area contributed by atoms with E-state index in [4.69, 9.17) is 0 Å². The van der Waals surface area contributed by atoms with Crippen LogP contribution >= 0.6 is 0 Å². The average molecular weight is 369 g/mol. The van der Waals surface area contributed by atoms with Crippen molar-refractivity contribution in [3.8, 4) is 0 Å². The number of likely N-dealkylation sites (tertiary alicyclic amines) is 1. The van der Waals surface area contributed by atoms with Crippen molar-refractivity contribution in [1.29, 1.82) is 0 Å². The standard InChI is InChI=1S/C17H27N3O4S/c1-14-5-3-6-15(11-14)12-20-9-4-7-17(22,16(20)21)13-19-8-10-25(23,24)18-2/h3,5-6,11,18-19,22H,4,7-10,12-13H2,1-2H3/t17-/m0/s1. The summed E-state index contributed by atoms with van der Waals surface area (Å²) in [6.07, 6.45) is 1.09. The van der Waals surface area contributed by atoms with Crippen LogP contribution in [0.5, 0.6) is 0 Å². The molecule has 1 amide bonds. The van der Waals surface area contributed by atoms with Crippen LogP contribution in [0.2, 0.25) is 0 Å². The molecular formula is C17H27N3O4S. The van der Waals surface area contributed by atoms with E-state index in [1.165, 1.54) is 7.05 Å². The van der Waals surface area contributed by atoms with Crippen LogP contribution in [-0.4, -0.2) is 62.4 Å². The van der Waals surface area contributed by atoms with Crippen LogP contribution in [0.1, 0.15) is 24.0 Å². The molecule has 1 heterocycles. The number of nitrogens with one attached hydrogen (secondary N) is 2. The molecule has 7 nitrogen and oxygen atoms in total. The van der Waals surface area contributed by atoms with Gasteiger partial charge in [-0.15, -0.1) is 0 Å². The third-order valence-corrected chi connectivity index (χ3v) is 5.80. The van der Waals surface area contributed by atoms with E-state index in [-0.39, 0.29) is 24.7 Å². The number of piperidine rings is 1. The largest absolute Gasteiger partial charge is 0.379 e. The lowest BCUT2D eigenvalue weighted by Crippen LogP contribution is -2.58. The highest BCUT2D eigenvalue weighted by molar-refractivity contribution is 7.89. The molecule has 0 saturated carbocycles. The number of carbonyl (C=O) groups excluding carboxylic acids is 1. The molecule has 1 aliphatic heterocycles. The zero-order valence-corrected chi connectivity index (χ0v) is 15.6. The first kappa shape index (κ1) is 19.8. The summed E-state index contributed by atoms with van der Waals surface area (Å²) >= 11 is 0. The van der Waals surface area contributed by atoms with Crippen LogP contribution in [0.4, 0.5) is 0 Å². The van der Waals surface area contributed by atoms with E-state index < -0.39 is 15.6 Å². The minimum atomic E-state index is -3.30. The smallest absolute Gasteiger partial charge is 0.256 e. The highest BCUT2D eigenvalue weighted by Crippen LogP contribution is 2.24. The maximum atomic E-state index is 12.7. The van der Waals surface area contributed by atoms with Gasteiger partial charge in [0.15, 0.2) is 5.60 Å². The van der Waals surface area contributed by atoms with E-state index in [0.29, 0.717) is 25.9 Å². The van der Waals surface area contributed by atoms with Crippen molar-refractivity contribution in [2.24, 2.45) is 0 Å². The number of carbonyl (C=O) groups is 1. The molecule has 1 atom stereocenters. The third kappa shape index (κ3) is 5.50. The molecule has 1 aromatic rings. The topological polar surface area (TPSA) is 98.7 Å². The number of aliphatic hydroxyl groups is 1. The maximum absolute atomic E-state index is 12.7. The monoisotopic (exact) mass is 369 g/mol. The molecule has 0 aromatic heterocycles. The highest BCUT2D eigenvalue weighted by Gasteiger charge is 2.41. The number of hydrogen-bond acceptors (Lipinski definition) is 5. The SMILES string of the molecule is CNS(=O)(=O)CCNC[C@@]1(O)CCCN(Cc2cccc(C)c2)C1=O. The van der Waals surface area contributed by atoms with Crippen molar-refractivity contribution in [3.05, 3.63) is 35.4 Å². The zero-order chi connectivity index (χ0) is 18.5. The summed E-state index contributed by atoms with van der Waals surface area (Å²) in [5.41, 5.74) is 0.682. The Morgan fingerprint density at radius 1 is 1.36 bits per heavy atom. The molecule has 25 heavy (non-hydrogen) atoms. The van der Waals surface area contributed by atoms with Gasteiger partial charge in [-0.25, -0.2) is 13.1 Å². The predicted molar refractivity (Wildman–Crippen MR) is 96.5 cm³/mol. The first-order valence-electron chi connectivity index (χ1n) is 8.45. The lowest BCUT2D eigenvalue weighted by Gasteiger charge is -2.38. The maximum Gasteiger partial charge on any atom is 0.256 e. The quantitative estimate of drug-likeness (QED) is 0.560. The van der Waals surface area contributed by atoms with Crippen molar-refractivity contribution < 1.29 is 18.3 Å². The number of hydrogen-bond donors (Lipinski definition) is 3. The summed E-state index contributed by atoms with van der Waals surface area (Å²) in [5, 5.41) is 13.6. The fraction of sp³-hybridized carbons (Fsp3) is 0.588. The van der Waals surface area contributed by atoms with Crippen LogP contribution < -0.4 is 10.0 Å². The molecular weight excluding hydrogens is 342 g/mol. The summed E-state index contributed by atoms with van der Waals surface area (Å²) in [4.78, 5) is 14.4. The van der Waals surface area contributed by atoms with E-state index >= 15 is 0 Å². The molecule has 8 heteroatoms. The molecule has 1 saturated heterocycles. The summed E-state index contributed by atoms with van der Waals surface area (Å²) < 4.78 is 25.0. The van der Waals surface area contributed by atoms with Crippen molar-refractivity contribution in [2.75, 3.05) is 32.4 Å². The number of rotatable bonds is 8. The van der Waals surface area contributed by atoms with E-state index in [1.807, 2.05) is 31.2 Å². The van der Waals surface area contributed by atoms with Gasteiger partial charge in [0.2, 0.25) is 10.0 Å². The van der Waals surface area contributed by atoms with Crippen LogP contribution in [0, 0.1) is 6.92 Å². The molecule has 1 aromatic carbocycles. The second kappa shape index (κ2) is 8.27. The Kier molecular flexibility index (Phi) is 6.56. The van der Waals surface area contributed by atoms with E-state index in [0.717, 1.165) is 11.1 Å². The van der Waals surface area contributed by atoms with E-state index in [2.05, 4.69) is 10.0 Å². The van der Waals surface area contributed by atoms with Gasteiger partial charge in [-0.1, -0.05) is 29.8 Å². The van der Waals surface area contributed by atoms with E-state index in [9.17, 15) is 18.3 Å². The molecule has 0 unspecified atom stereocenters. The van der Waals surface area contributed by atoms with Crippen molar-refractivity contribution in [2.45, 2.75) is 31.9 Å². The molecule has 0 spiro atoms. The second-order valence-corrected chi connectivity index (χ2v) is 8.60. The normalized spacial score (nSPS) is 21.6. The van der Waals surface area contributed by atoms with Gasteiger partial charge in [0.25, 0.3) is 5.91 Å². The average Bonchev–Trinajstić information content (AvgIpc) is 2.56. The second-order valence-electron chi connectivity index (χ2n) is 6.55. The van der Waals surface area contributed by atoms with Gasteiger partial charge in [-0.3, -0.25) is 4.79 Å². The summed E-state index contributed by atoms with van der Waals surface area (Å²) in [6, 6.07) is 7.95. The van der Waals surface area contributed by atoms with Crippen molar-refractivity contribution in [1.82, 2.24) is 14.9 Å². The molecule has 0 bridgehead atoms. The van der Waals surface area contributed by atoms with Crippen LogP contribution in [0.15, 0.2) is 24.3 Å². The molecule has 2 rings (SSSR count). The number of aryl methyl sites for hydroxylation is 1. The van der Waals surface area contributed by atoms with Crippen LogP contribution in [0.25, 0.3) is 0 Å². The third-order valence-electron chi connectivity index (χ3n) is 4.44. The van der Waals surface area contributed by atoms with Crippen molar-refractivity contribution in [3.63, 3.8) is 0 Å². The van der Waals surface area contributed by atoms with Gasteiger partial charge in [0.05, 0.1) is 5.75 Å². The van der Waals surface area contributed by atoms with Crippen LogP contribution in [-0.2, 0) is 21.4 Å². The minimum Gasteiger partial charge on any atom is -0.379 e. The molecule has 140 valence electrons. The molecule has 1 aliphatic rings. The Balaban J connectivity index is 1.93. The first-order valence-corrected chi connectivity index (χ1v) is 10.1. The summed E-state index contributed by atoms with van der Waals surface area (Å²) in [5.74, 6) is -0.398. The minimum absolute atomic E-state index is 0.0510. The molecule has 3 N–H and O–H groups in total. The van der Waals surface area contributed by atoms with Crippen LogP contribution in [0.3, 0.4) is 0 Å². The van der Waals surface area contributed by atoms with Gasteiger partial charge in [-0.2, -0.15) is 0 Å². The first-order chi connectivity index (χ1) is 11.8. The Hall–Kier alpha value is -1.48. The van der Waals surface area contributed by atoms with Gasteiger partial charge < -0.3 is 15.3 Å². The summed E-state index contributed by atoms with van der Waals surface area (Å²) in [7, 11) is -1.94. The number of amides is 1.